The van der Waals surface area contributed by atoms with Gasteiger partial charge < -0.3 is 5.11 Å². The maximum atomic E-state index is 11.0. The number of aliphatic carboxylic acids is 1. The molecule has 17 heavy (non-hydrogen) atoms. The van der Waals surface area contributed by atoms with Crippen LogP contribution < -0.4 is 0 Å². The minimum atomic E-state index is -0.820. The summed E-state index contributed by atoms with van der Waals surface area (Å²) in [6, 6.07) is 3.73. The minimum Gasteiger partial charge on any atom is -0.481 e. The van der Waals surface area contributed by atoms with Crippen molar-refractivity contribution in [2.24, 2.45) is 0 Å². The Morgan fingerprint density at radius 1 is 1.47 bits per heavy atom. The molecule has 2 rings (SSSR count). The number of carboxylic acid groups (broad SMARTS) is 1. The molecule has 4 nitrogen and oxygen atoms in total. The molecule has 0 aliphatic heterocycles. The van der Waals surface area contributed by atoms with Gasteiger partial charge in [-0.3, -0.25) is 9.78 Å². The van der Waals surface area contributed by atoms with Crippen LogP contribution in [-0.4, -0.2) is 21.0 Å². The Balaban J connectivity index is 2.30. The molecule has 2 aromatic heterocycles. The van der Waals surface area contributed by atoms with Crippen molar-refractivity contribution in [2.75, 3.05) is 0 Å². The SMILES string of the molecule is CCC(C(=O)O)c1csc(-c2ccncc2)n1. The summed E-state index contributed by atoms with van der Waals surface area (Å²) in [6.07, 6.45) is 3.95. The highest BCUT2D eigenvalue weighted by atomic mass is 32.1. The topological polar surface area (TPSA) is 63.1 Å². The van der Waals surface area contributed by atoms with E-state index in [1.165, 1.54) is 11.3 Å². The number of carbonyl (C=O) groups is 1. The summed E-state index contributed by atoms with van der Waals surface area (Å²) < 4.78 is 0. The van der Waals surface area contributed by atoms with E-state index >= 15 is 0 Å². The van der Waals surface area contributed by atoms with Crippen LogP contribution >= 0.6 is 11.3 Å². The van der Waals surface area contributed by atoms with Crippen molar-refractivity contribution >= 4 is 17.3 Å². The van der Waals surface area contributed by atoms with E-state index in [0.717, 1.165) is 10.6 Å². The van der Waals surface area contributed by atoms with Crippen LogP contribution in [0.1, 0.15) is 25.0 Å². The molecule has 1 atom stereocenters. The number of hydrogen-bond donors (Lipinski definition) is 1. The third kappa shape index (κ3) is 2.50. The molecular formula is C12H12N2O2S. The van der Waals surface area contributed by atoms with Crippen molar-refractivity contribution in [2.45, 2.75) is 19.3 Å². The summed E-state index contributed by atoms with van der Waals surface area (Å²) in [7, 11) is 0. The Morgan fingerprint density at radius 3 is 2.76 bits per heavy atom. The molecule has 0 bridgehead atoms. The van der Waals surface area contributed by atoms with E-state index in [4.69, 9.17) is 5.11 Å². The van der Waals surface area contributed by atoms with Crippen molar-refractivity contribution in [1.29, 1.82) is 0 Å². The fourth-order valence-electron chi connectivity index (χ4n) is 1.58. The van der Waals surface area contributed by atoms with Crippen LogP contribution in [0.2, 0.25) is 0 Å². The molecule has 1 unspecified atom stereocenters. The summed E-state index contributed by atoms with van der Waals surface area (Å²) >= 11 is 1.46. The van der Waals surface area contributed by atoms with Crippen molar-refractivity contribution in [3.8, 4) is 10.6 Å². The van der Waals surface area contributed by atoms with Gasteiger partial charge in [-0.15, -0.1) is 11.3 Å². The second kappa shape index (κ2) is 5.05. The van der Waals surface area contributed by atoms with Gasteiger partial charge >= 0.3 is 5.97 Å². The summed E-state index contributed by atoms with van der Waals surface area (Å²) in [5, 5.41) is 11.7. The third-order valence-corrected chi connectivity index (χ3v) is 3.42. The van der Waals surface area contributed by atoms with Gasteiger partial charge in [-0.1, -0.05) is 6.92 Å². The first-order valence-corrected chi connectivity index (χ1v) is 6.19. The van der Waals surface area contributed by atoms with E-state index in [1.54, 1.807) is 12.4 Å². The minimum absolute atomic E-state index is 0.512. The first-order valence-electron chi connectivity index (χ1n) is 5.31. The molecule has 2 heterocycles. The monoisotopic (exact) mass is 248 g/mol. The predicted octanol–water partition coefficient (Wildman–Crippen LogP) is 2.78. The van der Waals surface area contributed by atoms with Crippen LogP contribution in [0, 0.1) is 0 Å². The zero-order valence-electron chi connectivity index (χ0n) is 9.33. The summed E-state index contributed by atoms with van der Waals surface area (Å²) in [6.45, 7) is 1.85. The van der Waals surface area contributed by atoms with Gasteiger partial charge in [0.25, 0.3) is 0 Å². The van der Waals surface area contributed by atoms with Gasteiger partial charge in [0.15, 0.2) is 0 Å². The van der Waals surface area contributed by atoms with Crippen LogP contribution in [0.25, 0.3) is 10.6 Å². The van der Waals surface area contributed by atoms with E-state index in [9.17, 15) is 4.79 Å². The van der Waals surface area contributed by atoms with E-state index in [1.807, 2.05) is 24.4 Å². The lowest BCUT2D eigenvalue weighted by atomic mass is 10.0. The van der Waals surface area contributed by atoms with E-state index < -0.39 is 11.9 Å². The van der Waals surface area contributed by atoms with Crippen LogP contribution in [0.5, 0.6) is 0 Å². The summed E-state index contributed by atoms with van der Waals surface area (Å²) in [4.78, 5) is 19.4. The number of aromatic nitrogens is 2. The fraction of sp³-hybridized carbons (Fsp3) is 0.250. The molecule has 0 aromatic carbocycles. The second-order valence-electron chi connectivity index (χ2n) is 3.61. The Morgan fingerprint density at radius 2 is 2.18 bits per heavy atom. The molecular weight excluding hydrogens is 236 g/mol. The van der Waals surface area contributed by atoms with Crippen molar-refractivity contribution in [3.63, 3.8) is 0 Å². The lowest BCUT2D eigenvalue weighted by Crippen LogP contribution is -2.10. The second-order valence-corrected chi connectivity index (χ2v) is 4.47. The maximum absolute atomic E-state index is 11.0. The molecule has 1 N–H and O–H groups in total. The maximum Gasteiger partial charge on any atom is 0.312 e. The van der Waals surface area contributed by atoms with E-state index in [-0.39, 0.29) is 0 Å². The van der Waals surface area contributed by atoms with Gasteiger partial charge in [0, 0.05) is 23.3 Å². The van der Waals surface area contributed by atoms with Gasteiger partial charge in [0.05, 0.1) is 11.6 Å². The molecule has 0 aliphatic rings. The highest BCUT2D eigenvalue weighted by Crippen LogP contribution is 2.28. The third-order valence-electron chi connectivity index (χ3n) is 2.51. The number of pyridine rings is 1. The predicted molar refractivity (Wildman–Crippen MR) is 66.0 cm³/mol. The van der Waals surface area contributed by atoms with Crippen molar-refractivity contribution < 1.29 is 9.90 Å². The molecule has 0 amide bonds. The van der Waals surface area contributed by atoms with Gasteiger partial charge in [-0.25, -0.2) is 4.98 Å². The average Bonchev–Trinajstić information content (AvgIpc) is 2.80. The number of carboxylic acids is 1. The van der Waals surface area contributed by atoms with Crippen LogP contribution in [0.3, 0.4) is 0 Å². The van der Waals surface area contributed by atoms with Crippen LogP contribution in [0.4, 0.5) is 0 Å². The Labute approximate surface area is 103 Å². The van der Waals surface area contributed by atoms with Crippen molar-refractivity contribution in [1.82, 2.24) is 9.97 Å². The molecule has 0 radical (unpaired) electrons. The molecule has 88 valence electrons. The molecule has 0 saturated heterocycles. The molecule has 0 saturated carbocycles. The summed E-state index contributed by atoms with van der Waals surface area (Å²) in [5.74, 6) is -1.33. The van der Waals surface area contributed by atoms with E-state index in [0.29, 0.717) is 12.1 Å². The van der Waals surface area contributed by atoms with Gasteiger partial charge in [0.2, 0.25) is 0 Å². The summed E-state index contributed by atoms with van der Waals surface area (Å²) in [5.41, 5.74) is 1.60. The number of rotatable bonds is 4. The first kappa shape index (κ1) is 11.7. The normalized spacial score (nSPS) is 12.3. The molecule has 0 spiro atoms. The Bertz CT molecular complexity index is 510. The lowest BCUT2D eigenvalue weighted by molar-refractivity contribution is -0.138. The fourth-order valence-corrected chi connectivity index (χ4v) is 2.46. The molecule has 2 aromatic rings. The van der Waals surface area contributed by atoms with E-state index in [2.05, 4.69) is 9.97 Å². The smallest absolute Gasteiger partial charge is 0.312 e. The Kier molecular flexibility index (Phi) is 3.49. The molecule has 5 heteroatoms. The lowest BCUT2D eigenvalue weighted by Gasteiger charge is -2.04. The van der Waals surface area contributed by atoms with Gasteiger partial charge in [0.1, 0.15) is 5.01 Å². The zero-order chi connectivity index (χ0) is 12.3. The highest BCUT2D eigenvalue weighted by Gasteiger charge is 2.20. The number of thiazole rings is 1. The quantitative estimate of drug-likeness (QED) is 0.903. The number of hydrogen-bond acceptors (Lipinski definition) is 4. The average molecular weight is 248 g/mol. The van der Waals surface area contributed by atoms with Crippen molar-refractivity contribution in [3.05, 3.63) is 35.6 Å². The molecule has 0 aliphatic carbocycles. The van der Waals surface area contributed by atoms with Gasteiger partial charge in [-0.05, 0) is 18.6 Å². The number of nitrogens with zero attached hydrogens (tertiary/aromatic N) is 2. The van der Waals surface area contributed by atoms with Gasteiger partial charge in [-0.2, -0.15) is 0 Å². The zero-order valence-corrected chi connectivity index (χ0v) is 10.1. The van der Waals surface area contributed by atoms with Crippen LogP contribution in [0.15, 0.2) is 29.9 Å². The molecule has 0 fully saturated rings. The highest BCUT2D eigenvalue weighted by molar-refractivity contribution is 7.13. The van der Waals surface area contributed by atoms with Crippen LogP contribution in [-0.2, 0) is 4.79 Å². The Hall–Kier alpha value is -1.75. The standard InChI is InChI=1S/C12H12N2O2S/c1-2-9(12(15)16)10-7-17-11(14-10)8-3-5-13-6-4-8/h3-7,9H,2H2,1H3,(H,15,16). The first-order chi connectivity index (χ1) is 8.22. The largest absolute Gasteiger partial charge is 0.481 e.